The Morgan fingerprint density at radius 2 is 1.97 bits per heavy atom. The molecule has 0 atom stereocenters. The lowest BCUT2D eigenvalue weighted by molar-refractivity contribution is -0.116. The van der Waals surface area contributed by atoms with Crippen LogP contribution in [0.3, 0.4) is 0 Å². The van der Waals surface area contributed by atoms with E-state index >= 15 is 0 Å². The number of amides is 1. The van der Waals surface area contributed by atoms with Crippen LogP contribution in [0, 0.1) is 11.3 Å². The minimum Gasteiger partial charge on any atom is -0.486 e. The maximum Gasteiger partial charge on any atom is 0.237 e. The predicted molar refractivity (Wildman–Crippen MR) is 126 cm³/mol. The average Bonchev–Trinajstić information content (AvgIpc) is 3.20. The first kappa shape index (κ1) is 23.4. The topological polar surface area (TPSA) is 84.0 Å². The monoisotopic (exact) mass is 467 g/mol. The number of carbonyl (C=O) groups excluding carboxylic acids is 1. The van der Waals surface area contributed by atoms with Gasteiger partial charge in [0.05, 0.1) is 18.2 Å². The number of nitrogens with zero attached hydrogens (tertiary/aromatic N) is 5. The first-order chi connectivity index (χ1) is 15.6. The molecule has 32 heavy (non-hydrogen) atoms. The fraction of sp³-hybridized carbons (Fsp3) is 0.217. The molecule has 1 amide bonds. The van der Waals surface area contributed by atoms with Crippen molar-refractivity contribution < 1.29 is 9.53 Å². The summed E-state index contributed by atoms with van der Waals surface area (Å²) < 4.78 is 7.65. The maximum atomic E-state index is 12.9. The lowest BCUT2D eigenvalue weighted by Gasteiger charge is -2.21. The number of hydrogen-bond donors (Lipinski definition) is 0. The molecule has 7 nitrogen and oxygen atoms in total. The maximum absolute atomic E-state index is 12.9. The third-order valence-corrected chi connectivity index (χ3v) is 5.63. The van der Waals surface area contributed by atoms with Gasteiger partial charge in [-0.25, -0.2) is 0 Å². The molecule has 0 fully saturated rings. The van der Waals surface area contributed by atoms with Crippen molar-refractivity contribution in [2.45, 2.75) is 24.7 Å². The van der Waals surface area contributed by atoms with Crippen LogP contribution in [0.25, 0.3) is 0 Å². The van der Waals surface area contributed by atoms with Gasteiger partial charge in [-0.3, -0.25) is 9.36 Å². The number of nitriles is 1. The molecule has 0 aliphatic heterocycles. The molecule has 2 aromatic carbocycles. The van der Waals surface area contributed by atoms with Gasteiger partial charge in [0, 0.05) is 23.8 Å². The highest BCUT2D eigenvalue weighted by Crippen LogP contribution is 2.22. The Labute approximate surface area is 196 Å². The van der Waals surface area contributed by atoms with E-state index in [2.05, 4.69) is 22.8 Å². The van der Waals surface area contributed by atoms with Gasteiger partial charge in [-0.2, -0.15) is 5.26 Å². The van der Waals surface area contributed by atoms with Crippen molar-refractivity contribution in [1.82, 2.24) is 14.8 Å². The van der Waals surface area contributed by atoms with Crippen molar-refractivity contribution in [2.24, 2.45) is 0 Å². The van der Waals surface area contributed by atoms with Gasteiger partial charge in [-0.15, -0.1) is 16.8 Å². The average molecular weight is 468 g/mol. The zero-order valence-electron chi connectivity index (χ0n) is 17.4. The summed E-state index contributed by atoms with van der Waals surface area (Å²) in [5, 5.41) is 18.6. The van der Waals surface area contributed by atoms with Crippen molar-refractivity contribution in [3.8, 4) is 11.8 Å². The van der Waals surface area contributed by atoms with E-state index in [1.165, 1.54) is 11.8 Å². The highest BCUT2D eigenvalue weighted by atomic mass is 35.5. The zero-order valence-corrected chi connectivity index (χ0v) is 18.9. The predicted octanol–water partition coefficient (Wildman–Crippen LogP) is 4.74. The van der Waals surface area contributed by atoms with Gasteiger partial charge in [0.1, 0.15) is 12.4 Å². The standard InChI is InChI=1S/C23H22ClN5O2S/c1-2-14-29-21(16-31-20-11-9-18(24)10-12-20)26-27-23(29)32-17-22(30)28(15-6-13-25)19-7-4-3-5-8-19/h2-5,7-12H,1,6,14-17H2. The number of allylic oxidation sites excluding steroid dienone is 1. The third-order valence-electron chi connectivity index (χ3n) is 4.43. The lowest BCUT2D eigenvalue weighted by atomic mass is 10.2. The van der Waals surface area contributed by atoms with Crippen LogP contribution in [-0.4, -0.2) is 33.0 Å². The largest absolute Gasteiger partial charge is 0.486 e. The van der Waals surface area contributed by atoms with Crippen molar-refractivity contribution in [3.63, 3.8) is 0 Å². The van der Waals surface area contributed by atoms with Crippen LogP contribution in [0.15, 0.2) is 72.4 Å². The van der Waals surface area contributed by atoms with Crippen LogP contribution in [0.2, 0.25) is 5.02 Å². The smallest absolute Gasteiger partial charge is 0.237 e. The second-order valence-corrected chi connectivity index (χ2v) is 8.00. The van der Waals surface area contributed by atoms with Crippen molar-refractivity contribution in [1.29, 1.82) is 5.26 Å². The fourth-order valence-corrected chi connectivity index (χ4v) is 3.86. The van der Waals surface area contributed by atoms with Gasteiger partial charge in [0.15, 0.2) is 11.0 Å². The Morgan fingerprint density at radius 1 is 1.22 bits per heavy atom. The summed E-state index contributed by atoms with van der Waals surface area (Å²) >= 11 is 7.20. The molecule has 0 spiro atoms. The Bertz CT molecular complexity index is 1080. The molecule has 1 heterocycles. The van der Waals surface area contributed by atoms with Crippen molar-refractivity contribution in [3.05, 3.63) is 78.1 Å². The van der Waals surface area contributed by atoms with Crippen LogP contribution in [-0.2, 0) is 17.9 Å². The number of thioether (sulfide) groups is 1. The van der Waals surface area contributed by atoms with Crippen molar-refractivity contribution in [2.75, 3.05) is 17.2 Å². The summed E-state index contributed by atoms with van der Waals surface area (Å²) in [6.45, 7) is 4.83. The normalized spacial score (nSPS) is 10.4. The second-order valence-electron chi connectivity index (χ2n) is 6.62. The van der Waals surface area contributed by atoms with E-state index in [1.807, 2.05) is 34.9 Å². The Morgan fingerprint density at radius 3 is 2.66 bits per heavy atom. The number of ether oxygens (including phenoxy) is 1. The zero-order chi connectivity index (χ0) is 22.8. The number of aromatic nitrogens is 3. The van der Waals surface area contributed by atoms with Gasteiger partial charge in [-0.05, 0) is 36.4 Å². The van der Waals surface area contributed by atoms with E-state index < -0.39 is 0 Å². The summed E-state index contributed by atoms with van der Waals surface area (Å²) in [4.78, 5) is 14.5. The number of benzene rings is 2. The highest BCUT2D eigenvalue weighted by Gasteiger charge is 2.19. The molecule has 0 bridgehead atoms. The molecular weight excluding hydrogens is 446 g/mol. The van der Waals surface area contributed by atoms with Crippen LogP contribution >= 0.6 is 23.4 Å². The molecule has 0 saturated heterocycles. The SMILES string of the molecule is C=CCn1c(COc2ccc(Cl)cc2)nnc1SCC(=O)N(CCC#N)c1ccccc1. The molecule has 0 aliphatic rings. The van der Waals surface area contributed by atoms with Crippen LogP contribution in [0.4, 0.5) is 5.69 Å². The van der Waals surface area contributed by atoms with Gasteiger partial charge < -0.3 is 9.64 Å². The van der Waals surface area contributed by atoms with E-state index in [-0.39, 0.29) is 24.7 Å². The summed E-state index contributed by atoms with van der Waals surface area (Å²) in [5.41, 5.74) is 0.762. The van der Waals surface area contributed by atoms with E-state index in [9.17, 15) is 4.79 Å². The Hall–Kier alpha value is -3.28. The van der Waals surface area contributed by atoms with Gasteiger partial charge in [0.2, 0.25) is 5.91 Å². The molecular formula is C23H22ClN5O2S. The molecule has 164 valence electrons. The Balaban J connectivity index is 1.68. The minimum absolute atomic E-state index is 0.108. The molecule has 0 N–H and O–H groups in total. The number of anilines is 1. The van der Waals surface area contributed by atoms with Gasteiger partial charge in [-0.1, -0.05) is 47.6 Å². The number of halogens is 1. The van der Waals surface area contributed by atoms with E-state index in [0.29, 0.717) is 34.8 Å². The number of hydrogen-bond acceptors (Lipinski definition) is 6. The minimum atomic E-state index is -0.108. The third kappa shape index (κ3) is 6.36. The van der Waals surface area contributed by atoms with Gasteiger partial charge in [0.25, 0.3) is 0 Å². The van der Waals surface area contributed by atoms with E-state index in [0.717, 1.165) is 5.69 Å². The van der Waals surface area contributed by atoms with Gasteiger partial charge >= 0.3 is 0 Å². The Kier molecular flexibility index (Phi) is 8.72. The molecule has 1 aromatic heterocycles. The number of para-hydroxylation sites is 1. The second kappa shape index (κ2) is 11.9. The molecule has 0 unspecified atom stereocenters. The molecule has 3 rings (SSSR count). The van der Waals surface area contributed by atoms with E-state index in [4.69, 9.17) is 21.6 Å². The highest BCUT2D eigenvalue weighted by molar-refractivity contribution is 7.99. The van der Waals surface area contributed by atoms with E-state index in [1.54, 1.807) is 35.2 Å². The molecule has 0 saturated carbocycles. The summed E-state index contributed by atoms with van der Waals surface area (Å²) in [7, 11) is 0. The lowest BCUT2D eigenvalue weighted by Crippen LogP contribution is -2.33. The quantitative estimate of drug-likeness (QED) is 0.299. The van der Waals surface area contributed by atoms with Crippen molar-refractivity contribution >= 4 is 35.0 Å². The summed E-state index contributed by atoms with van der Waals surface area (Å²) in [6.07, 6.45) is 1.99. The number of carbonyl (C=O) groups is 1. The molecule has 0 radical (unpaired) electrons. The summed E-state index contributed by atoms with van der Waals surface area (Å²) in [5.74, 6) is 1.35. The molecule has 3 aromatic rings. The summed E-state index contributed by atoms with van der Waals surface area (Å²) in [6, 6.07) is 18.5. The number of rotatable bonds is 11. The fourth-order valence-electron chi connectivity index (χ4n) is 2.90. The van der Waals surface area contributed by atoms with Crippen LogP contribution < -0.4 is 9.64 Å². The van der Waals surface area contributed by atoms with Crippen LogP contribution in [0.5, 0.6) is 5.75 Å². The first-order valence-corrected chi connectivity index (χ1v) is 11.2. The molecule has 0 aliphatic carbocycles. The van der Waals surface area contributed by atoms with Crippen LogP contribution in [0.1, 0.15) is 12.2 Å². The molecule has 9 heteroatoms. The first-order valence-electron chi connectivity index (χ1n) is 9.89.